The number of halogens is 2. The summed E-state index contributed by atoms with van der Waals surface area (Å²) in [6.45, 7) is 0.267. The Labute approximate surface area is 139 Å². The molecule has 0 spiro atoms. The second kappa shape index (κ2) is 7.38. The number of carbonyl (C=O) groups excluding carboxylic acids is 2. The van der Waals surface area contributed by atoms with Gasteiger partial charge in [0.05, 0.1) is 19.8 Å². The maximum Gasteiger partial charge on any atom is 0.255 e. The van der Waals surface area contributed by atoms with E-state index in [0.717, 1.165) is 5.56 Å². The van der Waals surface area contributed by atoms with Gasteiger partial charge in [-0.25, -0.2) is 8.78 Å². The number of carbonyl (C=O) groups is 2. The van der Waals surface area contributed by atoms with E-state index < -0.39 is 13.0 Å². The highest BCUT2D eigenvalue weighted by atomic mass is 19.3. The lowest BCUT2D eigenvalue weighted by Crippen LogP contribution is -2.48. The zero-order chi connectivity index (χ0) is 17.1. The summed E-state index contributed by atoms with van der Waals surface area (Å²) in [7, 11) is 0. The van der Waals surface area contributed by atoms with Crippen LogP contribution in [0.5, 0.6) is 0 Å². The fourth-order valence-corrected chi connectivity index (χ4v) is 3.66. The highest BCUT2D eigenvalue weighted by Crippen LogP contribution is 2.35. The lowest BCUT2D eigenvalue weighted by atomic mass is 9.73. The zero-order valence-electron chi connectivity index (χ0n) is 13.4. The van der Waals surface area contributed by atoms with Gasteiger partial charge in [-0.05, 0) is 18.4 Å². The Morgan fingerprint density at radius 2 is 1.79 bits per heavy atom. The number of Topliss-reactive ketones (excluding diaryl/α,β-unsaturated/α-hetero) is 1. The maximum atomic E-state index is 12.9. The van der Waals surface area contributed by atoms with Gasteiger partial charge >= 0.3 is 0 Å². The molecular formula is C18H21F2NO3. The van der Waals surface area contributed by atoms with Crippen LogP contribution in [0.25, 0.3) is 0 Å². The third kappa shape index (κ3) is 3.80. The van der Waals surface area contributed by atoms with Gasteiger partial charge in [-0.1, -0.05) is 30.3 Å². The number of hydrogen-bond donors (Lipinski definition) is 0. The SMILES string of the molecule is O=C1[C@H]2COC[C@H]1CC(C(=O)N(Cc1ccccc1)CC(F)F)C2. The molecule has 0 unspecified atom stereocenters. The molecule has 130 valence electrons. The van der Waals surface area contributed by atoms with Crippen LogP contribution in [-0.2, 0) is 20.9 Å². The van der Waals surface area contributed by atoms with Gasteiger partial charge in [0.2, 0.25) is 5.91 Å². The van der Waals surface area contributed by atoms with E-state index in [2.05, 4.69) is 0 Å². The van der Waals surface area contributed by atoms with Crippen LogP contribution in [0, 0.1) is 17.8 Å². The first-order valence-corrected chi connectivity index (χ1v) is 8.27. The second-order valence-corrected chi connectivity index (χ2v) is 6.60. The Morgan fingerprint density at radius 1 is 1.17 bits per heavy atom. The van der Waals surface area contributed by atoms with Crippen LogP contribution in [-0.4, -0.2) is 42.8 Å². The predicted molar refractivity (Wildman–Crippen MR) is 83.4 cm³/mol. The van der Waals surface area contributed by atoms with Crippen molar-refractivity contribution >= 4 is 11.7 Å². The molecular weight excluding hydrogens is 316 g/mol. The van der Waals surface area contributed by atoms with Crippen molar-refractivity contribution in [1.82, 2.24) is 4.90 Å². The number of ketones is 1. The molecule has 0 aromatic heterocycles. The van der Waals surface area contributed by atoms with E-state index in [4.69, 9.17) is 4.74 Å². The normalized spacial score (nSPS) is 26.5. The minimum atomic E-state index is -2.58. The Morgan fingerprint density at radius 3 is 2.38 bits per heavy atom. The van der Waals surface area contributed by atoms with Gasteiger partial charge in [0.15, 0.2) is 0 Å². The van der Waals surface area contributed by atoms with E-state index in [-0.39, 0.29) is 36.0 Å². The van der Waals surface area contributed by atoms with Crippen molar-refractivity contribution in [1.29, 1.82) is 0 Å². The molecule has 2 bridgehead atoms. The van der Waals surface area contributed by atoms with E-state index in [0.29, 0.717) is 26.1 Å². The molecule has 1 heterocycles. The molecule has 1 aromatic carbocycles. The molecule has 3 rings (SSSR count). The molecule has 0 radical (unpaired) electrons. The average molecular weight is 337 g/mol. The number of ether oxygens (including phenoxy) is 1. The fraction of sp³-hybridized carbons (Fsp3) is 0.556. The van der Waals surface area contributed by atoms with Crippen LogP contribution in [0.2, 0.25) is 0 Å². The smallest absolute Gasteiger partial charge is 0.255 e. The maximum absolute atomic E-state index is 12.9. The molecule has 24 heavy (non-hydrogen) atoms. The summed E-state index contributed by atoms with van der Waals surface area (Å²) >= 11 is 0. The largest absolute Gasteiger partial charge is 0.380 e. The first kappa shape index (κ1) is 17.0. The van der Waals surface area contributed by atoms with Gasteiger partial charge in [-0.3, -0.25) is 9.59 Å². The van der Waals surface area contributed by atoms with Gasteiger partial charge in [0.1, 0.15) is 5.78 Å². The minimum Gasteiger partial charge on any atom is -0.380 e. The van der Waals surface area contributed by atoms with Crippen molar-refractivity contribution in [3.63, 3.8) is 0 Å². The Bertz CT molecular complexity index is 577. The van der Waals surface area contributed by atoms with Crippen LogP contribution < -0.4 is 0 Å². The van der Waals surface area contributed by atoms with Gasteiger partial charge < -0.3 is 9.64 Å². The van der Waals surface area contributed by atoms with Gasteiger partial charge in [-0.2, -0.15) is 0 Å². The summed E-state index contributed by atoms with van der Waals surface area (Å²) in [5.74, 6) is -1.02. The Hall–Kier alpha value is -1.82. The third-order valence-corrected chi connectivity index (χ3v) is 4.82. The highest BCUT2D eigenvalue weighted by molar-refractivity contribution is 5.88. The van der Waals surface area contributed by atoms with Crippen molar-refractivity contribution in [2.75, 3.05) is 19.8 Å². The molecule has 1 aromatic rings. The molecule has 0 N–H and O–H groups in total. The second-order valence-electron chi connectivity index (χ2n) is 6.60. The standard InChI is InChI=1S/C18H21F2NO3/c19-16(20)9-21(8-12-4-2-1-3-5-12)18(23)13-6-14-10-24-11-15(7-13)17(14)22/h1-5,13-16H,6-11H2/t14-,15-/m1/s1. The van der Waals surface area contributed by atoms with Gasteiger partial charge in [0.25, 0.3) is 6.43 Å². The first-order chi connectivity index (χ1) is 11.5. The summed E-state index contributed by atoms with van der Waals surface area (Å²) < 4.78 is 31.3. The minimum absolute atomic E-state index is 0.161. The van der Waals surface area contributed by atoms with Gasteiger partial charge in [-0.15, -0.1) is 0 Å². The number of rotatable bonds is 5. The van der Waals surface area contributed by atoms with Crippen LogP contribution in [0.15, 0.2) is 30.3 Å². The topological polar surface area (TPSA) is 46.6 Å². The van der Waals surface area contributed by atoms with Gasteiger partial charge in [0, 0.05) is 24.3 Å². The molecule has 6 heteroatoms. The molecule has 4 nitrogen and oxygen atoms in total. The number of hydrogen-bond acceptors (Lipinski definition) is 3. The summed E-state index contributed by atoms with van der Waals surface area (Å²) in [4.78, 5) is 26.1. The van der Waals surface area contributed by atoms with Crippen LogP contribution >= 0.6 is 0 Å². The van der Waals surface area contributed by atoms with Crippen LogP contribution in [0.1, 0.15) is 18.4 Å². The predicted octanol–water partition coefficient (Wildman–Crippen LogP) is 2.52. The lowest BCUT2D eigenvalue weighted by Gasteiger charge is -2.38. The van der Waals surface area contributed by atoms with Crippen LogP contribution in [0.3, 0.4) is 0 Å². The highest BCUT2D eigenvalue weighted by Gasteiger charge is 2.43. The zero-order valence-corrected chi connectivity index (χ0v) is 13.4. The summed E-state index contributed by atoms with van der Waals surface area (Å²) in [6, 6.07) is 9.12. The van der Waals surface area contributed by atoms with Crippen molar-refractivity contribution in [3.8, 4) is 0 Å². The Balaban J connectivity index is 1.72. The molecule has 1 amide bonds. The molecule has 2 atom stereocenters. The van der Waals surface area contributed by atoms with Crippen molar-refractivity contribution in [2.45, 2.75) is 25.8 Å². The molecule has 1 saturated heterocycles. The van der Waals surface area contributed by atoms with E-state index in [1.165, 1.54) is 4.90 Å². The molecule has 1 aliphatic heterocycles. The molecule has 2 aliphatic rings. The number of benzene rings is 1. The quantitative estimate of drug-likeness (QED) is 0.829. The summed E-state index contributed by atoms with van der Waals surface area (Å²) in [5.41, 5.74) is 0.821. The van der Waals surface area contributed by atoms with E-state index >= 15 is 0 Å². The average Bonchev–Trinajstić information content (AvgIpc) is 2.54. The first-order valence-electron chi connectivity index (χ1n) is 8.27. The molecule has 1 saturated carbocycles. The van der Waals surface area contributed by atoms with Crippen molar-refractivity contribution in [2.24, 2.45) is 17.8 Å². The summed E-state index contributed by atoms with van der Waals surface area (Å²) in [5, 5.41) is 0. The number of nitrogens with zero attached hydrogens (tertiary/aromatic N) is 1. The number of fused-ring (bicyclic) bond motifs is 2. The lowest BCUT2D eigenvalue weighted by molar-refractivity contribution is -0.151. The van der Waals surface area contributed by atoms with Crippen LogP contribution in [0.4, 0.5) is 8.78 Å². The number of amides is 1. The van der Waals surface area contributed by atoms with E-state index in [1.807, 2.05) is 30.3 Å². The molecule has 2 fully saturated rings. The molecule has 1 aliphatic carbocycles. The monoisotopic (exact) mass is 337 g/mol. The van der Waals surface area contributed by atoms with E-state index in [1.54, 1.807) is 0 Å². The van der Waals surface area contributed by atoms with E-state index in [9.17, 15) is 18.4 Å². The number of alkyl halides is 2. The summed E-state index contributed by atoms with van der Waals surface area (Å²) in [6.07, 6.45) is -1.77. The van der Waals surface area contributed by atoms with Crippen molar-refractivity contribution < 1.29 is 23.1 Å². The Kier molecular flexibility index (Phi) is 5.23. The fourth-order valence-electron chi connectivity index (χ4n) is 3.66. The van der Waals surface area contributed by atoms with Crippen molar-refractivity contribution in [3.05, 3.63) is 35.9 Å². The third-order valence-electron chi connectivity index (χ3n) is 4.82.